The van der Waals surface area contributed by atoms with Crippen molar-refractivity contribution in [1.29, 1.82) is 0 Å². The second kappa shape index (κ2) is 5.63. The van der Waals surface area contributed by atoms with Gasteiger partial charge in [0, 0.05) is 10.6 Å². The van der Waals surface area contributed by atoms with Gasteiger partial charge in [0.15, 0.2) is 0 Å². The molecule has 0 radical (unpaired) electrons. The van der Waals surface area contributed by atoms with Crippen LogP contribution < -0.4 is 16.2 Å². The van der Waals surface area contributed by atoms with Crippen LogP contribution in [0.15, 0.2) is 42.5 Å². The Morgan fingerprint density at radius 3 is 2.47 bits per heavy atom. The summed E-state index contributed by atoms with van der Waals surface area (Å²) in [6.45, 7) is 0.337. The van der Waals surface area contributed by atoms with E-state index in [0.717, 1.165) is 5.56 Å². The van der Waals surface area contributed by atoms with Crippen molar-refractivity contribution in [1.82, 2.24) is 0 Å². The molecule has 0 unspecified atom stereocenters. The molecular formula is C14H13ClN2O2. The molecule has 0 bridgehead atoms. The van der Waals surface area contributed by atoms with Crippen LogP contribution in [0.3, 0.4) is 0 Å². The molecule has 0 aliphatic rings. The van der Waals surface area contributed by atoms with Gasteiger partial charge in [-0.1, -0.05) is 23.7 Å². The molecular weight excluding hydrogens is 264 g/mol. The molecule has 0 aliphatic carbocycles. The van der Waals surface area contributed by atoms with Gasteiger partial charge in [-0.3, -0.25) is 4.79 Å². The summed E-state index contributed by atoms with van der Waals surface area (Å²) in [5, 5.41) is 0.666. The Bertz CT molecular complexity index is 597. The zero-order chi connectivity index (χ0) is 13.8. The lowest BCUT2D eigenvalue weighted by atomic mass is 10.2. The van der Waals surface area contributed by atoms with Crippen LogP contribution in [-0.2, 0) is 6.61 Å². The van der Waals surface area contributed by atoms with Crippen LogP contribution in [0.5, 0.6) is 5.75 Å². The van der Waals surface area contributed by atoms with E-state index in [1.807, 2.05) is 12.1 Å². The number of hydrogen-bond donors (Lipinski definition) is 2. The molecule has 1 amide bonds. The van der Waals surface area contributed by atoms with Gasteiger partial charge in [0.2, 0.25) is 5.91 Å². The maximum Gasteiger partial charge on any atom is 0.248 e. The van der Waals surface area contributed by atoms with Crippen molar-refractivity contribution in [3.8, 4) is 5.75 Å². The first-order valence-corrected chi connectivity index (χ1v) is 6.00. The van der Waals surface area contributed by atoms with Crippen LogP contribution >= 0.6 is 11.6 Å². The van der Waals surface area contributed by atoms with E-state index < -0.39 is 5.91 Å². The van der Waals surface area contributed by atoms with Crippen LogP contribution in [0, 0.1) is 0 Å². The summed E-state index contributed by atoms with van der Waals surface area (Å²) in [5.41, 5.74) is 12.8. The summed E-state index contributed by atoms with van der Waals surface area (Å²) < 4.78 is 5.58. The summed E-state index contributed by atoms with van der Waals surface area (Å²) >= 11 is 5.80. The molecule has 0 aromatic heterocycles. The Morgan fingerprint density at radius 2 is 1.84 bits per heavy atom. The molecule has 0 atom stereocenters. The highest BCUT2D eigenvalue weighted by Crippen LogP contribution is 2.24. The summed E-state index contributed by atoms with van der Waals surface area (Å²) in [4.78, 5) is 11.1. The van der Waals surface area contributed by atoms with Gasteiger partial charge in [-0.05, 0) is 35.9 Å². The Labute approximate surface area is 115 Å². The minimum atomic E-state index is -0.517. The van der Waals surface area contributed by atoms with E-state index in [0.29, 0.717) is 28.6 Å². The van der Waals surface area contributed by atoms with Gasteiger partial charge in [0.25, 0.3) is 0 Å². The van der Waals surface area contributed by atoms with Gasteiger partial charge in [-0.25, -0.2) is 0 Å². The van der Waals surface area contributed by atoms with Crippen molar-refractivity contribution in [2.24, 2.45) is 5.73 Å². The number of benzene rings is 2. The predicted molar refractivity (Wildman–Crippen MR) is 75.2 cm³/mol. The van der Waals surface area contributed by atoms with Gasteiger partial charge < -0.3 is 16.2 Å². The molecule has 0 saturated heterocycles. The van der Waals surface area contributed by atoms with Crippen molar-refractivity contribution < 1.29 is 9.53 Å². The molecule has 2 aromatic rings. The maximum atomic E-state index is 11.1. The van der Waals surface area contributed by atoms with Crippen LogP contribution in [0.4, 0.5) is 5.69 Å². The molecule has 98 valence electrons. The highest BCUT2D eigenvalue weighted by molar-refractivity contribution is 6.30. The Hall–Kier alpha value is -2.20. The number of nitrogens with two attached hydrogens (primary N) is 2. The van der Waals surface area contributed by atoms with E-state index in [1.54, 1.807) is 24.3 Å². The van der Waals surface area contributed by atoms with E-state index in [4.69, 9.17) is 27.8 Å². The minimum Gasteiger partial charge on any atom is -0.487 e. The number of amides is 1. The van der Waals surface area contributed by atoms with Crippen molar-refractivity contribution in [3.63, 3.8) is 0 Å². The number of rotatable bonds is 4. The summed E-state index contributed by atoms with van der Waals surface area (Å²) in [6, 6.07) is 12.0. The number of carbonyl (C=O) groups excluding carboxylic acids is 1. The topological polar surface area (TPSA) is 78.3 Å². The number of anilines is 1. The zero-order valence-corrected chi connectivity index (χ0v) is 10.9. The van der Waals surface area contributed by atoms with Crippen molar-refractivity contribution >= 4 is 23.2 Å². The molecule has 19 heavy (non-hydrogen) atoms. The average Bonchev–Trinajstić information content (AvgIpc) is 2.39. The fourth-order valence-corrected chi connectivity index (χ4v) is 1.68. The zero-order valence-electron chi connectivity index (χ0n) is 10.1. The quantitative estimate of drug-likeness (QED) is 0.843. The summed E-state index contributed by atoms with van der Waals surface area (Å²) in [7, 11) is 0. The number of nitrogen functional groups attached to an aromatic ring is 1. The van der Waals surface area contributed by atoms with E-state index in [9.17, 15) is 4.79 Å². The highest BCUT2D eigenvalue weighted by atomic mass is 35.5. The van der Waals surface area contributed by atoms with Crippen LogP contribution in [-0.4, -0.2) is 5.91 Å². The molecule has 2 aromatic carbocycles. The molecule has 0 aliphatic heterocycles. The first-order valence-electron chi connectivity index (χ1n) is 5.63. The minimum absolute atomic E-state index is 0.337. The van der Waals surface area contributed by atoms with Gasteiger partial charge in [0.05, 0.1) is 5.69 Å². The Balaban J connectivity index is 2.12. The molecule has 5 heteroatoms. The van der Waals surface area contributed by atoms with E-state index in [2.05, 4.69) is 0 Å². The lowest BCUT2D eigenvalue weighted by Gasteiger charge is -2.10. The first-order chi connectivity index (χ1) is 9.06. The third-order valence-electron chi connectivity index (χ3n) is 2.61. The van der Waals surface area contributed by atoms with Gasteiger partial charge in [-0.15, -0.1) is 0 Å². The third-order valence-corrected chi connectivity index (χ3v) is 2.86. The molecule has 0 fully saturated rings. The third kappa shape index (κ3) is 3.39. The predicted octanol–water partition coefficient (Wildman–Crippen LogP) is 2.60. The maximum absolute atomic E-state index is 11.1. The first kappa shape index (κ1) is 13.2. The van der Waals surface area contributed by atoms with Crippen LogP contribution in [0.1, 0.15) is 15.9 Å². The van der Waals surface area contributed by atoms with Crippen LogP contribution in [0.25, 0.3) is 0 Å². The number of halogens is 1. The van der Waals surface area contributed by atoms with Gasteiger partial charge in [0.1, 0.15) is 12.4 Å². The fraction of sp³-hybridized carbons (Fsp3) is 0.0714. The SMILES string of the molecule is NC(=O)c1ccc(N)c(OCc2ccc(Cl)cc2)c1. The number of primary amides is 1. The summed E-state index contributed by atoms with van der Waals surface area (Å²) in [6.07, 6.45) is 0. The smallest absolute Gasteiger partial charge is 0.248 e. The molecule has 4 N–H and O–H groups in total. The second-order valence-electron chi connectivity index (χ2n) is 4.03. The van der Waals surface area contributed by atoms with Crippen LogP contribution in [0.2, 0.25) is 5.02 Å². The normalized spacial score (nSPS) is 10.2. The summed E-state index contributed by atoms with van der Waals surface area (Å²) in [5.74, 6) is -0.0809. The standard InChI is InChI=1S/C14H13ClN2O2/c15-11-4-1-9(2-5-11)8-19-13-7-10(14(17)18)3-6-12(13)16/h1-7H,8,16H2,(H2,17,18). The Morgan fingerprint density at radius 1 is 1.16 bits per heavy atom. The van der Waals surface area contributed by atoms with Crippen molar-refractivity contribution in [3.05, 3.63) is 58.6 Å². The highest BCUT2D eigenvalue weighted by Gasteiger charge is 2.06. The molecule has 0 spiro atoms. The number of carbonyl (C=O) groups is 1. The molecule has 0 saturated carbocycles. The molecule has 0 heterocycles. The molecule has 2 rings (SSSR count). The lowest BCUT2D eigenvalue weighted by Crippen LogP contribution is -2.11. The van der Waals surface area contributed by atoms with Gasteiger partial charge >= 0.3 is 0 Å². The van der Waals surface area contributed by atoms with Crippen molar-refractivity contribution in [2.45, 2.75) is 6.61 Å². The molecule has 4 nitrogen and oxygen atoms in total. The van der Waals surface area contributed by atoms with Gasteiger partial charge in [-0.2, -0.15) is 0 Å². The number of ether oxygens (including phenoxy) is 1. The largest absolute Gasteiger partial charge is 0.487 e. The number of hydrogen-bond acceptors (Lipinski definition) is 3. The van der Waals surface area contributed by atoms with E-state index in [1.165, 1.54) is 6.07 Å². The second-order valence-corrected chi connectivity index (χ2v) is 4.47. The van der Waals surface area contributed by atoms with E-state index in [-0.39, 0.29) is 0 Å². The van der Waals surface area contributed by atoms with E-state index >= 15 is 0 Å². The van der Waals surface area contributed by atoms with Crippen molar-refractivity contribution in [2.75, 3.05) is 5.73 Å². The Kier molecular flexibility index (Phi) is 3.92. The monoisotopic (exact) mass is 276 g/mol. The fourth-order valence-electron chi connectivity index (χ4n) is 1.55. The lowest BCUT2D eigenvalue weighted by molar-refractivity contribution is 0.1000. The average molecular weight is 277 g/mol.